The monoisotopic (exact) mass is 367 g/mol. The molecule has 0 aliphatic rings. The summed E-state index contributed by atoms with van der Waals surface area (Å²) in [7, 11) is 2.79. The number of thiazole rings is 1. The molecule has 6 nitrogen and oxygen atoms in total. The number of benzene rings is 1. The van der Waals surface area contributed by atoms with Crippen LogP contribution in [-0.2, 0) is 7.05 Å². The summed E-state index contributed by atoms with van der Waals surface area (Å²) in [6, 6.07) is 4.05. The molecule has 0 bridgehead atoms. The smallest absolute Gasteiger partial charge is 0.269 e. The minimum absolute atomic E-state index is 0.187. The molecule has 0 unspecified atom stereocenters. The van der Waals surface area contributed by atoms with Crippen molar-refractivity contribution in [1.82, 2.24) is 9.55 Å². The van der Waals surface area contributed by atoms with Crippen molar-refractivity contribution in [3.8, 4) is 5.75 Å². The summed E-state index contributed by atoms with van der Waals surface area (Å²) in [6.07, 6.45) is 1.36. The van der Waals surface area contributed by atoms with Crippen molar-refractivity contribution in [2.24, 2.45) is 7.05 Å². The number of fused-ring (bicyclic) bond motifs is 1. The van der Waals surface area contributed by atoms with Crippen molar-refractivity contribution in [3.05, 3.63) is 50.5 Å². The highest BCUT2D eigenvalue weighted by atomic mass is 35.5. The number of carbonyl (C=O) groups excluding carboxylic acids is 1. The van der Waals surface area contributed by atoms with E-state index in [9.17, 15) is 19.1 Å². The van der Waals surface area contributed by atoms with Gasteiger partial charge in [0, 0.05) is 14.1 Å². The number of halogens is 2. The Kier molecular flexibility index (Phi) is 4.02. The Bertz CT molecular complexity index is 1030. The maximum atomic E-state index is 14.1. The number of hydrogen-bond donors (Lipinski definition) is 1. The zero-order chi connectivity index (χ0) is 17.6. The fraction of sp³-hybridized carbons (Fsp3) is 0.133. The lowest BCUT2D eigenvalue weighted by molar-refractivity contribution is 0.0988. The van der Waals surface area contributed by atoms with Crippen LogP contribution >= 0.6 is 22.9 Å². The van der Waals surface area contributed by atoms with Crippen LogP contribution in [0.2, 0.25) is 4.34 Å². The number of hydrogen-bond acceptors (Lipinski definition) is 5. The van der Waals surface area contributed by atoms with Crippen molar-refractivity contribution in [2.45, 2.75) is 0 Å². The number of anilines is 1. The quantitative estimate of drug-likeness (QED) is 0.755. The molecule has 24 heavy (non-hydrogen) atoms. The molecular formula is C15H11ClFN3O3S. The van der Waals surface area contributed by atoms with Crippen LogP contribution in [0.4, 0.5) is 9.52 Å². The van der Waals surface area contributed by atoms with Crippen LogP contribution in [0.1, 0.15) is 10.4 Å². The van der Waals surface area contributed by atoms with E-state index < -0.39 is 28.6 Å². The molecule has 1 N–H and O–H groups in total. The second-order valence-corrected chi connectivity index (χ2v) is 6.67. The first-order valence-electron chi connectivity index (χ1n) is 6.72. The summed E-state index contributed by atoms with van der Waals surface area (Å²) in [6.45, 7) is 0. The fourth-order valence-electron chi connectivity index (χ4n) is 2.38. The minimum atomic E-state index is -0.802. The van der Waals surface area contributed by atoms with Gasteiger partial charge in [0.2, 0.25) is 0 Å². The fourth-order valence-corrected chi connectivity index (χ4v) is 3.24. The summed E-state index contributed by atoms with van der Waals surface area (Å²) in [5.74, 6) is -2.22. The Morgan fingerprint density at radius 3 is 2.79 bits per heavy atom. The van der Waals surface area contributed by atoms with Gasteiger partial charge < -0.3 is 9.67 Å². The number of rotatable bonds is 2. The third kappa shape index (κ3) is 2.44. The van der Waals surface area contributed by atoms with Gasteiger partial charge in [0.25, 0.3) is 11.5 Å². The largest absolute Gasteiger partial charge is 0.506 e. The van der Waals surface area contributed by atoms with E-state index in [4.69, 9.17) is 11.6 Å². The topological polar surface area (TPSA) is 75.4 Å². The van der Waals surface area contributed by atoms with Crippen molar-refractivity contribution in [3.63, 3.8) is 0 Å². The van der Waals surface area contributed by atoms with Gasteiger partial charge in [-0.2, -0.15) is 0 Å². The molecule has 0 saturated carbocycles. The molecule has 124 valence electrons. The van der Waals surface area contributed by atoms with E-state index in [1.807, 2.05) is 0 Å². The Hall–Kier alpha value is -2.45. The number of aryl methyl sites for hydroxylation is 1. The predicted molar refractivity (Wildman–Crippen MR) is 90.7 cm³/mol. The van der Waals surface area contributed by atoms with Gasteiger partial charge in [0.1, 0.15) is 21.5 Å². The lowest BCUT2D eigenvalue weighted by Crippen LogP contribution is -2.34. The maximum Gasteiger partial charge on any atom is 0.269 e. The Labute approximate surface area is 144 Å². The van der Waals surface area contributed by atoms with Crippen molar-refractivity contribution >= 4 is 44.9 Å². The highest BCUT2D eigenvalue weighted by Crippen LogP contribution is 2.31. The Balaban J connectivity index is 2.24. The van der Waals surface area contributed by atoms with Gasteiger partial charge in [-0.3, -0.25) is 14.5 Å². The highest BCUT2D eigenvalue weighted by molar-refractivity contribution is 7.19. The number of amides is 1. The van der Waals surface area contributed by atoms with Crippen molar-refractivity contribution < 1.29 is 14.3 Å². The first-order chi connectivity index (χ1) is 11.3. The normalized spacial score (nSPS) is 11.0. The summed E-state index contributed by atoms with van der Waals surface area (Å²) in [4.78, 5) is 30.2. The summed E-state index contributed by atoms with van der Waals surface area (Å²) in [5, 5.41) is 10.4. The third-order valence-electron chi connectivity index (χ3n) is 3.62. The second-order valence-electron chi connectivity index (χ2n) is 5.03. The first kappa shape index (κ1) is 16.4. The highest BCUT2D eigenvalue weighted by Gasteiger charge is 2.27. The number of carbonyl (C=O) groups is 1. The molecule has 3 aromatic rings. The molecule has 1 aromatic carbocycles. The van der Waals surface area contributed by atoms with Crippen LogP contribution in [0.3, 0.4) is 0 Å². The molecule has 0 atom stereocenters. The van der Waals surface area contributed by atoms with E-state index in [0.717, 1.165) is 26.9 Å². The second kappa shape index (κ2) is 5.88. The lowest BCUT2D eigenvalue weighted by Gasteiger charge is -2.16. The summed E-state index contributed by atoms with van der Waals surface area (Å²) in [5.41, 5.74) is -1.07. The number of nitrogens with zero attached hydrogens (tertiary/aromatic N) is 3. The van der Waals surface area contributed by atoms with Gasteiger partial charge in [-0.25, -0.2) is 9.37 Å². The van der Waals surface area contributed by atoms with E-state index in [2.05, 4.69) is 4.98 Å². The predicted octanol–water partition coefficient (Wildman–Crippen LogP) is 2.77. The number of aromatic hydroxyl groups is 1. The van der Waals surface area contributed by atoms with Crippen LogP contribution in [0, 0.1) is 5.82 Å². The van der Waals surface area contributed by atoms with Crippen LogP contribution < -0.4 is 10.5 Å². The van der Waals surface area contributed by atoms with Gasteiger partial charge in [-0.1, -0.05) is 29.0 Å². The zero-order valence-corrected chi connectivity index (χ0v) is 14.2. The molecule has 0 fully saturated rings. The molecule has 0 aliphatic heterocycles. The molecule has 0 aliphatic carbocycles. The van der Waals surface area contributed by atoms with Gasteiger partial charge in [0.05, 0.1) is 17.1 Å². The molecule has 0 saturated heterocycles. The molecular weight excluding hydrogens is 357 g/mol. The molecule has 1 amide bonds. The van der Waals surface area contributed by atoms with Crippen molar-refractivity contribution in [2.75, 3.05) is 11.9 Å². The van der Waals surface area contributed by atoms with Gasteiger partial charge in [-0.05, 0) is 12.1 Å². The van der Waals surface area contributed by atoms with Crippen LogP contribution in [0.25, 0.3) is 10.9 Å². The minimum Gasteiger partial charge on any atom is -0.506 e. The Morgan fingerprint density at radius 1 is 1.46 bits per heavy atom. The first-order valence-corrected chi connectivity index (χ1v) is 7.92. The zero-order valence-electron chi connectivity index (χ0n) is 12.6. The molecule has 9 heteroatoms. The van der Waals surface area contributed by atoms with Gasteiger partial charge >= 0.3 is 0 Å². The van der Waals surface area contributed by atoms with Crippen LogP contribution in [0.15, 0.2) is 29.2 Å². The SMILES string of the molecule is CN(C(=O)c1c(O)c2c(F)cccc2n(C)c1=O)c1ncc(Cl)s1. The van der Waals surface area contributed by atoms with Crippen molar-refractivity contribution in [1.29, 1.82) is 0 Å². The van der Waals surface area contributed by atoms with Gasteiger partial charge in [-0.15, -0.1) is 0 Å². The average Bonchev–Trinajstić information content (AvgIpc) is 2.98. The van der Waals surface area contributed by atoms with E-state index in [1.54, 1.807) is 0 Å². The molecule has 3 rings (SSSR count). The van der Waals surface area contributed by atoms with E-state index >= 15 is 0 Å². The third-order valence-corrected chi connectivity index (χ3v) is 4.81. The maximum absolute atomic E-state index is 14.1. The number of aromatic nitrogens is 2. The Morgan fingerprint density at radius 2 is 2.17 bits per heavy atom. The standard InChI is InChI=1S/C15H11ClFN3O3S/c1-19-8-5-3-4-7(17)10(8)12(21)11(13(19)22)14(23)20(2)15-18-6-9(16)24-15/h3-6,21H,1-2H3. The van der Waals surface area contributed by atoms with Crippen LogP contribution in [0.5, 0.6) is 5.75 Å². The lowest BCUT2D eigenvalue weighted by atomic mass is 10.1. The van der Waals surface area contributed by atoms with Crippen LogP contribution in [-0.4, -0.2) is 27.6 Å². The number of pyridine rings is 1. The van der Waals surface area contributed by atoms with Gasteiger partial charge in [0.15, 0.2) is 5.13 Å². The average molecular weight is 368 g/mol. The molecule has 2 aromatic heterocycles. The summed E-state index contributed by atoms with van der Waals surface area (Å²) < 4.78 is 15.6. The van der Waals surface area contributed by atoms with E-state index in [0.29, 0.717) is 4.34 Å². The molecule has 0 spiro atoms. The molecule has 0 radical (unpaired) electrons. The van der Waals surface area contributed by atoms with E-state index in [-0.39, 0.29) is 16.0 Å². The molecule has 2 heterocycles. The summed E-state index contributed by atoms with van der Waals surface area (Å²) >= 11 is 6.83. The van der Waals surface area contributed by atoms with E-state index in [1.165, 1.54) is 32.4 Å².